The van der Waals surface area contributed by atoms with Crippen molar-refractivity contribution in [2.75, 3.05) is 13.2 Å². The van der Waals surface area contributed by atoms with Crippen LogP contribution in [0.15, 0.2) is 0 Å². The second-order valence-electron chi connectivity index (χ2n) is 5.30. The van der Waals surface area contributed by atoms with Crippen LogP contribution >= 0.6 is 0 Å². The molecule has 3 unspecified atom stereocenters. The molecule has 0 aliphatic carbocycles. The van der Waals surface area contributed by atoms with Gasteiger partial charge in [-0.2, -0.15) is 0 Å². The standard InChI is InChI=1S/C12H20N4O/c1-8-4-10(7-17-8)12-15-14-11-3-2-9(5-13)6-16(11)12/h8-10H,2-7,13H2,1H3. The number of nitrogens with zero attached hydrogens (tertiary/aromatic N) is 3. The second-order valence-corrected chi connectivity index (χ2v) is 5.30. The summed E-state index contributed by atoms with van der Waals surface area (Å²) in [5, 5.41) is 8.69. The summed E-state index contributed by atoms with van der Waals surface area (Å²) in [6, 6.07) is 0. The van der Waals surface area contributed by atoms with Crippen molar-refractivity contribution in [3.8, 4) is 0 Å². The van der Waals surface area contributed by atoms with Gasteiger partial charge in [0, 0.05) is 18.9 Å². The zero-order chi connectivity index (χ0) is 11.8. The van der Waals surface area contributed by atoms with Gasteiger partial charge in [0.25, 0.3) is 0 Å². The van der Waals surface area contributed by atoms with Crippen molar-refractivity contribution in [3.05, 3.63) is 11.6 Å². The molecule has 5 nitrogen and oxygen atoms in total. The van der Waals surface area contributed by atoms with Crippen molar-refractivity contribution >= 4 is 0 Å². The van der Waals surface area contributed by atoms with Gasteiger partial charge in [0.2, 0.25) is 0 Å². The predicted octanol–water partition coefficient (Wildman–Crippen LogP) is 0.692. The lowest BCUT2D eigenvalue weighted by molar-refractivity contribution is 0.123. The molecule has 3 rings (SSSR count). The molecule has 94 valence electrons. The summed E-state index contributed by atoms with van der Waals surface area (Å²) in [5.41, 5.74) is 5.78. The molecule has 1 fully saturated rings. The van der Waals surface area contributed by atoms with Crippen LogP contribution in [-0.4, -0.2) is 34.0 Å². The smallest absolute Gasteiger partial charge is 0.138 e. The fourth-order valence-corrected chi connectivity index (χ4v) is 2.91. The Hall–Kier alpha value is -0.940. The van der Waals surface area contributed by atoms with Gasteiger partial charge in [0.05, 0.1) is 12.7 Å². The van der Waals surface area contributed by atoms with Crippen molar-refractivity contribution in [1.29, 1.82) is 0 Å². The lowest BCUT2D eigenvalue weighted by Crippen LogP contribution is -2.28. The molecule has 0 saturated carbocycles. The molecular weight excluding hydrogens is 216 g/mol. The molecule has 3 atom stereocenters. The summed E-state index contributed by atoms with van der Waals surface area (Å²) in [6.07, 6.45) is 3.57. The van der Waals surface area contributed by atoms with Gasteiger partial charge >= 0.3 is 0 Å². The summed E-state index contributed by atoms with van der Waals surface area (Å²) < 4.78 is 7.91. The van der Waals surface area contributed by atoms with Crippen molar-refractivity contribution < 1.29 is 4.74 Å². The van der Waals surface area contributed by atoms with Crippen molar-refractivity contribution in [3.63, 3.8) is 0 Å². The van der Waals surface area contributed by atoms with Crippen LogP contribution in [0.1, 0.15) is 37.3 Å². The number of fused-ring (bicyclic) bond motifs is 1. The monoisotopic (exact) mass is 236 g/mol. The average molecular weight is 236 g/mol. The van der Waals surface area contributed by atoms with Crippen LogP contribution < -0.4 is 5.73 Å². The molecule has 1 saturated heterocycles. The zero-order valence-corrected chi connectivity index (χ0v) is 10.3. The minimum absolute atomic E-state index is 0.349. The Bertz CT molecular complexity index is 403. The van der Waals surface area contributed by atoms with Gasteiger partial charge in [-0.3, -0.25) is 0 Å². The van der Waals surface area contributed by atoms with E-state index in [0.29, 0.717) is 17.9 Å². The molecule has 0 amide bonds. The van der Waals surface area contributed by atoms with Crippen LogP contribution in [0, 0.1) is 5.92 Å². The van der Waals surface area contributed by atoms with E-state index < -0.39 is 0 Å². The minimum Gasteiger partial charge on any atom is -0.378 e. The molecule has 0 radical (unpaired) electrons. The van der Waals surface area contributed by atoms with Gasteiger partial charge in [-0.25, -0.2) is 0 Å². The van der Waals surface area contributed by atoms with E-state index >= 15 is 0 Å². The van der Waals surface area contributed by atoms with E-state index in [9.17, 15) is 0 Å². The van der Waals surface area contributed by atoms with E-state index in [4.69, 9.17) is 10.5 Å². The molecule has 17 heavy (non-hydrogen) atoms. The first-order valence-electron chi connectivity index (χ1n) is 6.51. The first-order chi connectivity index (χ1) is 8.28. The van der Waals surface area contributed by atoms with Crippen LogP contribution in [0.3, 0.4) is 0 Å². The third-order valence-electron chi connectivity index (χ3n) is 3.97. The number of rotatable bonds is 2. The van der Waals surface area contributed by atoms with E-state index in [1.807, 2.05) is 0 Å². The average Bonchev–Trinajstić information content (AvgIpc) is 2.93. The van der Waals surface area contributed by atoms with E-state index in [2.05, 4.69) is 21.7 Å². The summed E-state index contributed by atoms with van der Waals surface area (Å²) in [5.74, 6) is 3.24. The Morgan fingerprint density at radius 2 is 2.35 bits per heavy atom. The zero-order valence-electron chi connectivity index (χ0n) is 10.3. The molecule has 1 aromatic rings. The molecule has 2 N–H and O–H groups in total. The van der Waals surface area contributed by atoms with E-state index in [1.165, 1.54) is 0 Å². The lowest BCUT2D eigenvalue weighted by Gasteiger charge is -2.24. The molecule has 0 spiro atoms. The SMILES string of the molecule is CC1CC(c2nnc3n2CC(CN)CC3)CO1. The Morgan fingerprint density at radius 3 is 3.06 bits per heavy atom. The number of aromatic nitrogens is 3. The van der Waals surface area contributed by atoms with Crippen LogP contribution in [0.4, 0.5) is 0 Å². The number of hydrogen-bond acceptors (Lipinski definition) is 4. The maximum Gasteiger partial charge on any atom is 0.138 e. The third kappa shape index (κ3) is 1.98. The fourth-order valence-electron chi connectivity index (χ4n) is 2.91. The van der Waals surface area contributed by atoms with Gasteiger partial charge in [-0.1, -0.05) is 0 Å². The van der Waals surface area contributed by atoms with Gasteiger partial charge < -0.3 is 15.0 Å². The highest BCUT2D eigenvalue weighted by atomic mass is 16.5. The van der Waals surface area contributed by atoms with Crippen molar-refractivity contribution in [2.24, 2.45) is 11.7 Å². The summed E-state index contributed by atoms with van der Waals surface area (Å²) in [7, 11) is 0. The molecule has 0 aromatic carbocycles. The number of ether oxygens (including phenoxy) is 1. The van der Waals surface area contributed by atoms with Gasteiger partial charge in [0.1, 0.15) is 11.6 Å². The predicted molar refractivity (Wildman–Crippen MR) is 63.7 cm³/mol. The summed E-state index contributed by atoms with van der Waals surface area (Å²) in [6.45, 7) is 4.65. The van der Waals surface area contributed by atoms with Crippen molar-refractivity contribution in [1.82, 2.24) is 14.8 Å². The normalized spacial score (nSPS) is 32.7. The number of aryl methyl sites for hydroxylation is 1. The molecule has 2 aliphatic rings. The molecular formula is C12H20N4O. The minimum atomic E-state index is 0.349. The lowest BCUT2D eigenvalue weighted by atomic mass is 9.98. The second kappa shape index (κ2) is 4.38. The quantitative estimate of drug-likeness (QED) is 0.820. The molecule has 3 heterocycles. The highest BCUT2D eigenvalue weighted by molar-refractivity contribution is 5.07. The molecule has 2 aliphatic heterocycles. The van der Waals surface area contributed by atoms with Gasteiger partial charge in [-0.05, 0) is 32.2 Å². The molecule has 0 bridgehead atoms. The Kier molecular flexibility index (Phi) is 2.88. The Labute approximate surface area is 101 Å². The Morgan fingerprint density at radius 1 is 1.47 bits per heavy atom. The van der Waals surface area contributed by atoms with E-state index in [-0.39, 0.29) is 0 Å². The van der Waals surface area contributed by atoms with Crippen LogP contribution in [0.2, 0.25) is 0 Å². The Balaban J connectivity index is 1.84. The van der Waals surface area contributed by atoms with Crippen LogP contribution in [-0.2, 0) is 17.7 Å². The third-order valence-corrected chi connectivity index (χ3v) is 3.97. The molecule has 5 heteroatoms. The highest BCUT2D eigenvalue weighted by Crippen LogP contribution is 2.30. The number of hydrogen-bond donors (Lipinski definition) is 1. The molecule has 1 aromatic heterocycles. The van der Waals surface area contributed by atoms with E-state index in [0.717, 1.165) is 50.6 Å². The maximum atomic E-state index is 5.78. The van der Waals surface area contributed by atoms with Crippen LogP contribution in [0.5, 0.6) is 0 Å². The maximum absolute atomic E-state index is 5.78. The largest absolute Gasteiger partial charge is 0.378 e. The number of nitrogens with two attached hydrogens (primary N) is 1. The van der Waals surface area contributed by atoms with Crippen LogP contribution in [0.25, 0.3) is 0 Å². The topological polar surface area (TPSA) is 66.0 Å². The summed E-state index contributed by atoms with van der Waals surface area (Å²) in [4.78, 5) is 0. The first-order valence-corrected chi connectivity index (χ1v) is 6.51. The first kappa shape index (κ1) is 11.2. The van der Waals surface area contributed by atoms with Crippen molar-refractivity contribution in [2.45, 2.75) is 44.8 Å². The fraction of sp³-hybridized carbons (Fsp3) is 0.833. The van der Waals surface area contributed by atoms with Gasteiger partial charge in [0.15, 0.2) is 0 Å². The van der Waals surface area contributed by atoms with E-state index in [1.54, 1.807) is 0 Å². The highest BCUT2D eigenvalue weighted by Gasteiger charge is 2.31. The summed E-state index contributed by atoms with van der Waals surface area (Å²) >= 11 is 0. The van der Waals surface area contributed by atoms with Gasteiger partial charge in [-0.15, -0.1) is 10.2 Å².